The Balaban J connectivity index is 0.00000289. The van der Waals surface area contributed by atoms with E-state index in [0.29, 0.717) is 31.6 Å². The predicted octanol–water partition coefficient (Wildman–Crippen LogP) is 3.24. The summed E-state index contributed by atoms with van der Waals surface area (Å²) < 4.78 is 0. The smallest absolute Gasteiger partial charge is 0.307 e. The van der Waals surface area contributed by atoms with Gasteiger partial charge < -0.3 is 5.11 Å². The van der Waals surface area contributed by atoms with Crippen LogP contribution in [-0.2, 0) is 42.3 Å². The molecule has 1 amide bonds. The van der Waals surface area contributed by atoms with Crippen LogP contribution in [0.1, 0.15) is 42.0 Å². The van der Waals surface area contributed by atoms with Crippen molar-refractivity contribution in [2.75, 3.05) is 18.1 Å². The Bertz CT molecular complexity index is 1010. The summed E-state index contributed by atoms with van der Waals surface area (Å²) >= 11 is 0. The number of benzene rings is 2. The molecule has 0 aromatic heterocycles. The van der Waals surface area contributed by atoms with Gasteiger partial charge in [0.1, 0.15) is 5.71 Å². The molecular formula is C24H27N4O3Y-. The van der Waals surface area contributed by atoms with Gasteiger partial charge in [-0.2, -0.15) is 35.4 Å². The molecule has 165 valence electrons. The van der Waals surface area contributed by atoms with Gasteiger partial charge in [0, 0.05) is 52.2 Å². The number of hydrazine groups is 1. The van der Waals surface area contributed by atoms with Crippen molar-refractivity contribution in [3.8, 4) is 0 Å². The third kappa shape index (κ3) is 5.45. The van der Waals surface area contributed by atoms with E-state index in [1.54, 1.807) is 5.01 Å². The number of hydrogen-bond donors (Lipinski definition) is 2. The van der Waals surface area contributed by atoms with Crippen LogP contribution >= 0.6 is 0 Å². The summed E-state index contributed by atoms with van der Waals surface area (Å²) in [7, 11) is 0. The van der Waals surface area contributed by atoms with Crippen molar-refractivity contribution in [3.63, 3.8) is 0 Å². The first kappa shape index (κ1) is 24.6. The second-order valence-electron chi connectivity index (χ2n) is 8.30. The van der Waals surface area contributed by atoms with Crippen LogP contribution in [0.2, 0.25) is 0 Å². The summed E-state index contributed by atoms with van der Waals surface area (Å²) in [6, 6.07) is 16.9. The van der Waals surface area contributed by atoms with Crippen LogP contribution in [0.5, 0.6) is 0 Å². The standard InChI is InChI=1S/C24H27N4O3.Y/c1-16-10-11-21(17(2)13-16)28-22(18-7-4-3-5-8-18)14-20(25-28)23(29)26-27-12-6-9-19(15-27)24(30)31;/h4-5,7-8,10-11,13,19,22H,6,9,12,14-15H2,1-2H3,(H,26,29)(H,30,31);/q-1;. The molecule has 2 unspecified atom stereocenters. The summed E-state index contributed by atoms with van der Waals surface area (Å²) in [6.07, 6.45) is 1.84. The SMILES string of the molecule is Cc1ccc(N2N=C(C(=O)NN3CCCC(C(=O)O)C3)CC2c2cc[c-]cc2)c(C)c1.[Y]. The summed E-state index contributed by atoms with van der Waals surface area (Å²) in [4.78, 5) is 24.3. The quantitative estimate of drug-likeness (QED) is 0.606. The minimum Gasteiger partial charge on any atom is -0.481 e. The second kappa shape index (κ2) is 10.7. The van der Waals surface area contributed by atoms with E-state index in [0.717, 1.165) is 23.2 Å². The maximum Gasteiger partial charge on any atom is 0.307 e. The van der Waals surface area contributed by atoms with Crippen LogP contribution in [0.15, 0.2) is 47.6 Å². The summed E-state index contributed by atoms with van der Waals surface area (Å²) in [6.45, 7) is 5.05. The molecule has 0 bridgehead atoms. The third-order valence-corrected chi connectivity index (χ3v) is 5.93. The van der Waals surface area contributed by atoms with Crippen LogP contribution in [-0.4, -0.2) is 40.8 Å². The average molecular weight is 508 g/mol. The Morgan fingerprint density at radius 2 is 1.94 bits per heavy atom. The molecule has 8 heteroatoms. The molecule has 2 aromatic carbocycles. The van der Waals surface area contributed by atoms with E-state index in [-0.39, 0.29) is 44.7 Å². The number of amides is 1. The van der Waals surface area contributed by atoms with Gasteiger partial charge in [-0.15, -0.1) is 5.56 Å². The number of hydrogen-bond acceptors (Lipinski definition) is 5. The van der Waals surface area contributed by atoms with Crippen molar-refractivity contribution < 1.29 is 47.4 Å². The Kier molecular flexibility index (Phi) is 8.20. The van der Waals surface area contributed by atoms with Crippen molar-refractivity contribution in [3.05, 3.63) is 65.2 Å². The van der Waals surface area contributed by atoms with E-state index in [1.165, 1.54) is 5.56 Å². The molecule has 2 aliphatic heterocycles. The van der Waals surface area contributed by atoms with Crippen LogP contribution < -0.4 is 10.4 Å². The van der Waals surface area contributed by atoms with Gasteiger partial charge in [-0.25, -0.2) is 5.01 Å². The van der Waals surface area contributed by atoms with Gasteiger partial charge in [0.25, 0.3) is 5.91 Å². The Labute approximate surface area is 213 Å². The molecule has 1 fully saturated rings. The maximum atomic E-state index is 13.0. The molecule has 0 aliphatic carbocycles. The number of aryl methyl sites for hydroxylation is 2. The number of nitrogens with one attached hydrogen (secondary N) is 1. The number of hydrazone groups is 1. The molecule has 0 saturated carbocycles. The molecule has 2 aromatic rings. The number of carbonyl (C=O) groups excluding carboxylic acids is 1. The number of anilines is 1. The molecule has 0 spiro atoms. The number of piperidine rings is 1. The fraction of sp³-hybridized carbons (Fsp3) is 0.375. The van der Waals surface area contributed by atoms with Crippen molar-refractivity contribution >= 4 is 23.3 Å². The minimum atomic E-state index is -0.820. The fourth-order valence-electron chi connectivity index (χ4n) is 4.30. The molecule has 32 heavy (non-hydrogen) atoms. The van der Waals surface area contributed by atoms with Gasteiger partial charge in [-0.3, -0.25) is 20.0 Å². The second-order valence-corrected chi connectivity index (χ2v) is 8.30. The van der Waals surface area contributed by atoms with Crippen molar-refractivity contribution in [1.82, 2.24) is 10.4 Å². The average Bonchev–Trinajstić information content (AvgIpc) is 3.20. The van der Waals surface area contributed by atoms with Gasteiger partial charge in [0.15, 0.2) is 0 Å². The number of aliphatic carboxylic acids is 1. The Morgan fingerprint density at radius 3 is 2.62 bits per heavy atom. The van der Waals surface area contributed by atoms with Crippen LogP contribution in [0.3, 0.4) is 0 Å². The first-order valence-corrected chi connectivity index (χ1v) is 10.6. The first-order valence-electron chi connectivity index (χ1n) is 10.6. The molecular weight excluding hydrogens is 481 g/mol. The normalized spacial score (nSPS) is 20.9. The molecule has 7 nitrogen and oxygen atoms in total. The van der Waals surface area contributed by atoms with E-state index in [9.17, 15) is 14.7 Å². The van der Waals surface area contributed by atoms with Gasteiger partial charge in [-0.05, 0) is 38.3 Å². The summed E-state index contributed by atoms with van der Waals surface area (Å²) in [5, 5.41) is 17.6. The molecule has 2 heterocycles. The number of rotatable bonds is 5. The molecule has 2 N–H and O–H groups in total. The monoisotopic (exact) mass is 508 g/mol. The van der Waals surface area contributed by atoms with E-state index in [4.69, 9.17) is 5.10 Å². The number of carboxylic acids is 1. The van der Waals surface area contributed by atoms with Gasteiger partial charge in [0.05, 0.1) is 17.6 Å². The number of carbonyl (C=O) groups is 2. The van der Waals surface area contributed by atoms with Crippen LogP contribution in [0.25, 0.3) is 0 Å². The van der Waals surface area contributed by atoms with Crippen molar-refractivity contribution in [1.29, 1.82) is 0 Å². The zero-order chi connectivity index (χ0) is 22.0. The predicted molar refractivity (Wildman–Crippen MR) is 119 cm³/mol. The molecule has 1 radical (unpaired) electrons. The Hall–Kier alpha value is -2.09. The zero-order valence-electron chi connectivity index (χ0n) is 18.4. The van der Waals surface area contributed by atoms with E-state index < -0.39 is 11.9 Å². The molecule has 1 saturated heterocycles. The topological polar surface area (TPSA) is 85.2 Å². The number of carboxylic acid groups (broad SMARTS) is 1. The van der Waals surface area contributed by atoms with Gasteiger partial charge in [-0.1, -0.05) is 17.7 Å². The van der Waals surface area contributed by atoms with Crippen LogP contribution in [0, 0.1) is 25.8 Å². The third-order valence-electron chi connectivity index (χ3n) is 5.93. The Morgan fingerprint density at radius 1 is 1.19 bits per heavy atom. The van der Waals surface area contributed by atoms with Crippen molar-refractivity contribution in [2.45, 2.75) is 39.2 Å². The maximum absolute atomic E-state index is 13.0. The number of nitrogens with zero attached hydrogens (tertiary/aromatic N) is 3. The fourth-order valence-corrected chi connectivity index (χ4v) is 4.30. The molecule has 2 aliphatic rings. The van der Waals surface area contributed by atoms with Crippen LogP contribution in [0.4, 0.5) is 5.69 Å². The largest absolute Gasteiger partial charge is 0.481 e. The first-order chi connectivity index (χ1) is 14.9. The molecule has 2 atom stereocenters. The summed E-state index contributed by atoms with van der Waals surface area (Å²) in [5.74, 6) is -1.55. The molecule has 4 rings (SSSR count). The van der Waals surface area contributed by atoms with E-state index in [2.05, 4.69) is 24.5 Å². The van der Waals surface area contributed by atoms with Gasteiger partial charge >= 0.3 is 5.97 Å². The minimum absolute atomic E-state index is 0. The van der Waals surface area contributed by atoms with Crippen molar-refractivity contribution in [2.24, 2.45) is 11.0 Å². The zero-order valence-corrected chi connectivity index (χ0v) is 21.3. The van der Waals surface area contributed by atoms with E-state index >= 15 is 0 Å². The summed E-state index contributed by atoms with van der Waals surface area (Å²) in [5.41, 5.74) is 7.62. The van der Waals surface area contributed by atoms with Gasteiger partial charge in [0.2, 0.25) is 0 Å². The van der Waals surface area contributed by atoms with E-state index in [1.807, 2.05) is 48.3 Å².